The fraction of sp³-hybridized carbons (Fsp3) is 0.500. The van der Waals surface area contributed by atoms with Crippen molar-refractivity contribution >= 4 is 15.9 Å². The first-order chi connectivity index (χ1) is 6.74. The molecule has 0 amide bonds. The van der Waals surface area contributed by atoms with Crippen LogP contribution in [-0.2, 0) is 0 Å². The molecule has 1 nitrogen and oxygen atoms in total. The van der Waals surface area contributed by atoms with Gasteiger partial charge in [-0.3, -0.25) is 0 Å². The van der Waals surface area contributed by atoms with E-state index in [1.54, 1.807) is 0 Å². The Hall–Kier alpha value is -0.340. The number of aliphatic hydroxyl groups is 1. The zero-order valence-electron chi connectivity index (χ0n) is 8.33. The van der Waals surface area contributed by atoms with Gasteiger partial charge in [-0.15, -0.1) is 0 Å². The van der Waals surface area contributed by atoms with Crippen LogP contribution >= 0.6 is 15.9 Å². The van der Waals surface area contributed by atoms with E-state index in [2.05, 4.69) is 41.1 Å². The average molecular weight is 255 g/mol. The third-order valence-electron chi connectivity index (χ3n) is 2.88. The molecule has 1 unspecified atom stereocenters. The number of aliphatic hydroxyl groups excluding tert-OH is 1. The largest absolute Gasteiger partial charge is 0.396 e. The highest BCUT2D eigenvalue weighted by Crippen LogP contribution is 2.44. The predicted octanol–water partition coefficient (Wildman–Crippen LogP) is 3.42. The fourth-order valence-corrected chi connectivity index (χ4v) is 2.74. The van der Waals surface area contributed by atoms with E-state index >= 15 is 0 Å². The molecule has 0 bridgehead atoms. The van der Waals surface area contributed by atoms with Crippen molar-refractivity contribution in [3.63, 3.8) is 0 Å². The summed E-state index contributed by atoms with van der Waals surface area (Å²) in [6.07, 6.45) is 2.63. The molecule has 0 aliphatic heterocycles. The highest BCUT2D eigenvalue weighted by molar-refractivity contribution is 9.10. The van der Waals surface area contributed by atoms with Crippen LogP contribution in [0.3, 0.4) is 0 Å². The van der Waals surface area contributed by atoms with Gasteiger partial charge in [-0.25, -0.2) is 0 Å². The molecule has 0 saturated heterocycles. The maximum atomic E-state index is 9.14. The SMILES string of the molecule is CC(CO)c1cccc(C2CC2)c1Br. The number of benzene rings is 1. The lowest BCUT2D eigenvalue weighted by molar-refractivity contribution is 0.272. The third kappa shape index (κ3) is 1.86. The van der Waals surface area contributed by atoms with E-state index in [1.807, 2.05) is 0 Å². The number of hydrogen-bond acceptors (Lipinski definition) is 1. The smallest absolute Gasteiger partial charge is 0.0497 e. The van der Waals surface area contributed by atoms with Crippen molar-refractivity contribution in [3.8, 4) is 0 Å². The molecule has 1 fully saturated rings. The minimum Gasteiger partial charge on any atom is -0.396 e. The number of rotatable bonds is 3. The first-order valence-corrected chi connectivity index (χ1v) is 5.92. The minimum atomic E-state index is 0.215. The Kier molecular flexibility index (Phi) is 2.93. The third-order valence-corrected chi connectivity index (χ3v) is 3.80. The monoisotopic (exact) mass is 254 g/mol. The highest BCUT2D eigenvalue weighted by Gasteiger charge is 2.26. The van der Waals surface area contributed by atoms with Gasteiger partial charge >= 0.3 is 0 Å². The Balaban J connectivity index is 2.35. The Morgan fingerprint density at radius 3 is 2.79 bits per heavy atom. The van der Waals surface area contributed by atoms with Gasteiger partial charge in [-0.05, 0) is 29.9 Å². The topological polar surface area (TPSA) is 20.2 Å². The first kappa shape index (κ1) is 10.2. The van der Waals surface area contributed by atoms with Gasteiger partial charge in [0.25, 0.3) is 0 Å². The van der Waals surface area contributed by atoms with Gasteiger partial charge < -0.3 is 5.11 Å². The van der Waals surface area contributed by atoms with Crippen LogP contribution in [0.5, 0.6) is 0 Å². The van der Waals surface area contributed by atoms with Crippen molar-refractivity contribution in [2.45, 2.75) is 31.6 Å². The van der Waals surface area contributed by atoms with Crippen molar-refractivity contribution in [2.24, 2.45) is 0 Å². The van der Waals surface area contributed by atoms with Crippen LogP contribution in [-0.4, -0.2) is 11.7 Å². The van der Waals surface area contributed by atoms with Crippen molar-refractivity contribution in [3.05, 3.63) is 33.8 Å². The Bertz CT molecular complexity index is 331. The van der Waals surface area contributed by atoms with Gasteiger partial charge in [0.1, 0.15) is 0 Å². The lowest BCUT2D eigenvalue weighted by Crippen LogP contribution is -2.01. The lowest BCUT2D eigenvalue weighted by Gasteiger charge is -2.13. The van der Waals surface area contributed by atoms with Gasteiger partial charge in [0, 0.05) is 17.0 Å². The van der Waals surface area contributed by atoms with E-state index < -0.39 is 0 Å². The van der Waals surface area contributed by atoms with Crippen molar-refractivity contribution in [1.29, 1.82) is 0 Å². The summed E-state index contributed by atoms with van der Waals surface area (Å²) in [4.78, 5) is 0. The summed E-state index contributed by atoms with van der Waals surface area (Å²) >= 11 is 3.65. The molecule has 2 rings (SSSR count). The van der Waals surface area contributed by atoms with E-state index in [-0.39, 0.29) is 12.5 Å². The predicted molar refractivity (Wildman–Crippen MR) is 61.6 cm³/mol. The first-order valence-electron chi connectivity index (χ1n) is 5.13. The van der Waals surface area contributed by atoms with E-state index in [4.69, 9.17) is 5.11 Å². The van der Waals surface area contributed by atoms with Crippen LogP contribution in [0, 0.1) is 0 Å². The molecule has 1 aromatic rings. The molecule has 1 N–H and O–H groups in total. The average Bonchev–Trinajstić information content (AvgIpc) is 3.01. The lowest BCUT2D eigenvalue weighted by atomic mass is 9.98. The summed E-state index contributed by atoms with van der Waals surface area (Å²) in [5.41, 5.74) is 2.65. The van der Waals surface area contributed by atoms with Crippen molar-refractivity contribution in [1.82, 2.24) is 0 Å². The second-order valence-electron chi connectivity index (χ2n) is 4.11. The van der Waals surface area contributed by atoms with Crippen LogP contribution in [0.4, 0.5) is 0 Å². The molecule has 0 aromatic heterocycles. The molecule has 1 aromatic carbocycles. The molecule has 14 heavy (non-hydrogen) atoms. The quantitative estimate of drug-likeness (QED) is 0.877. The van der Waals surface area contributed by atoms with E-state index in [0.29, 0.717) is 0 Å². The molecule has 1 aliphatic carbocycles. The summed E-state index contributed by atoms with van der Waals surface area (Å²) in [5, 5.41) is 9.14. The van der Waals surface area contributed by atoms with Gasteiger partial charge in [-0.2, -0.15) is 0 Å². The fourth-order valence-electron chi connectivity index (χ4n) is 1.76. The normalized spacial score (nSPS) is 18.2. The second kappa shape index (κ2) is 4.03. The molecule has 2 heteroatoms. The zero-order chi connectivity index (χ0) is 10.1. The number of halogens is 1. The molecular formula is C12H15BrO. The van der Waals surface area contributed by atoms with Crippen molar-refractivity contribution < 1.29 is 5.11 Å². The Labute approximate surface area is 93.3 Å². The van der Waals surface area contributed by atoms with Gasteiger partial charge in [0.05, 0.1) is 0 Å². The summed E-state index contributed by atoms with van der Waals surface area (Å²) in [7, 11) is 0. The highest BCUT2D eigenvalue weighted by atomic mass is 79.9. The van der Waals surface area contributed by atoms with E-state index in [0.717, 1.165) is 5.92 Å². The maximum Gasteiger partial charge on any atom is 0.0497 e. The van der Waals surface area contributed by atoms with Gasteiger partial charge in [-0.1, -0.05) is 41.1 Å². The van der Waals surface area contributed by atoms with Crippen LogP contribution < -0.4 is 0 Å². The second-order valence-corrected chi connectivity index (χ2v) is 4.90. The Morgan fingerprint density at radius 2 is 2.21 bits per heavy atom. The summed E-state index contributed by atoms with van der Waals surface area (Å²) in [5.74, 6) is 0.985. The molecule has 0 heterocycles. The van der Waals surface area contributed by atoms with Crippen LogP contribution in [0.2, 0.25) is 0 Å². The van der Waals surface area contributed by atoms with E-state index in [9.17, 15) is 0 Å². The molecule has 76 valence electrons. The molecule has 0 spiro atoms. The molecule has 0 radical (unpaired) electrons. The van der Waals surface area contributed by atoms with Gasteiger partial charge in [0.15, 0.2) is 0 Å². The summed E-state index contributed by atoms with van der Waals surface area (Å²) < 4.78 is 1.21. The van der Waals surface area contributed by atoms with Crippen LogP contribution in [0.25, 0.3) is 0 Å². The number of hydrogen-bond donors (Lipinski definition) is 1. The standard InChI is InChI=1S/C12H15BrO/c1-8(7-14)10-3-2-4-11(12(10)13)9-5-6-9/h2-4,8-9,14H,5-7H2,1H3. The Morgan fingerprint density at radius 1 is 1.50 bits per heavy atom. The van der Waals surface area contributed by atoms with Gasteiger partial charge in [0.2, 0.25) is 0 Å². The summed E-state index contributed by atoms with van der Waals surface area (Å²) in [6, 6.07) is 6.38. The molecular weight excluding hydrogens is 240 g/mol. The van der Waals surface area contributed by atoms with Crippen LogP contribution in [0.1, 0.15) is 42.7 Å². The minimum absolute atomic E-state index is 0.215. The van der Waals surface area contributed by atoms with E-state index in [1.165, 1.54) is 28.4 Å². The molecule has 1 saturated carbocycles. The zero-order valence-corrected chi connectivity index (χ0v) is 9.92. The van der Waals surface area contributed by atoms with Crippen LogP contribution in [0.15, 0.2) is 22.7 Å². The molecule has 1 atom stereocenters. The molecule has 1 aliphatic rings. The van der Waals surface area contributed by atoms with Crippen molar-refractivity contribution in [2.75, 3.05) is 6.61 Å². The summed E-state index contributed by atoms with van der Waals surface area (Å²) in [6.45, 7) is 2.27. The maximum absolute atomic E-state index is 9.14.